The van der Waals surface area contributed by atoms with Crippen LogP contribution in [0.3, 0.4) is 0 Å². The van der Waals surface area contributed by atoms with Crippen LogP contribution in [0.15, 0.2) is 40.6 Å². The van der Waals surface area contributed by atoms with E-state index >= 15 is 0 Å². The van der Waals surface area contributed by atoms with Crippen LogP contribution in [0.1, 0.15) is 47.8 Å². The van der Waals surface area contributed by atoms with Gasteiger partial charge in [-0.2, -0.15) is 4.31 Å². The Bertz CT molecular complexity index is 945. The van der Waals surface area contributed by atoms with E-state index in [1.54, 1.807) is 40.7 Å². The Kier molecular flexibility index (Phi) is 8.30. The zero-order chi connectivity index (χ0) is 21.6. The SMILES string of the molecule is CCCCCNC1CCN(S(=O)(=O)c2ccc(CNC(=O)c3ccc(Cl)cc3)s2)C1. The molecule has 1 saturated heterocycles. The van der Waals surface area contributed by atoms with Gasteiger partial charge in [-0.25, -0.2) is 8.42 Å². The topological polar surface area (TPSA) is 78.5 Å². The number of hydrogen-bond donors (Lipinski definition) is 2. The van der Waals surface area contributed by atoms with Gasteiger partial charge in [0.05, 0.1) is 6.54 Å². The number of thiophene rings is 1. The summed E-state index contributed by atoms with van der Waals surface area (Å²) in [5.74, 6) is -0.221. The van der Waals surface area contributed by atoms with E-state index in [0.717, 1.165) is 24.3 Å². The third-order valence-corrected chi connectivity index (χ3v) is 8.79. The molecule has 1 aromatic carbocycles. The molecular formula is C21H28ClN3O3S2. The highest BCUT2D eigenvalue weighted by Gasteiger charge is 2.33. The summed E-state index contributed by atoms with van der Waals surface area (Å²) >= 11 is 7.05. The van der Waals surface area contributed by atoms with E-state index in [0.29, 0.717) is 27.9 Å². The van der Waals surface area contributed by atoms with Crippen LogP contribution in [0, 0.1) is 0 Å². The standard InChI is InChI=1S/C21H28ClN3O3S2/c1-2-3-4-12-23-18-11-13-25(15-18)30(27,28)20-10-9-19(29-20)14-24-21(26)16-5-7-17(22)8-6-16/h5-10,18,23H,2-4,11-15H2,1H3,(H,24,26). The van der Waals surface area contributed by atoms with Gasteiger partial charge in [0.1, 0.15) is 4.21 Å². The molecule has 2 heterocycles. The number of benzene rings is 1. The number of carbonyl (C=O) groups is 1. The summed E-state index contributed by atoms with van der Waals surface area (Å²) in [4.78, 5) is 13.0. The third-order valence-electron chi connectivity index (χ3n) is 5.13. The molecule has 1 amide bonds. The Morgan fingerprint density at radius 1 is 1.20 bits per heavy atom. The van der Waals surface area contributed by atoms with E-state index in [2.05, 4.69) is 17.6 Å². The summed E-state index contributed by atoms with van der Waals surface area (Å²) in [7, 11) is -3.50. The lowest BCUT2D eigenvalue weighted by Crippen LogP contribution is -2.35. The number of carbonyl (C=O) groups excluding carboxylic acids is 1. The van der Waals surface area contributed by atoms with Gasteiger partial charge >= 0.3 is 0 Å². The molecular weight excluding hydrogens is 442 g/mol. The van der Waals surface area contributed by atoms with Crippen molar-refractivity contribution in [2.45, 2.75) is 49.4 Å². The lowest BCUT2D eigenvalue weighted by atomic mass is 10.2. The molecule has 9 heteroatoms. The first-order chi connectivity index (χ1) is 14.4. The number of halogens is 1. The average molecular weight is 470 g/mol. The molecule has 2 N–H and O–H groups in total. The molecule has 0 bridgehead atoms. The van der Waals surface area contributed by atoms with E-state index in [4.69, 9.17) is 11.6 Å². The highest BCUT2D eigenvalue weighted by atomic mass is 35.5. The van der Waals surface area contributed by atoms with E-state index in [9.17, 15) is 13.2 Å². The normalized spacial score (nSPS) is 17.3. The minimum absolute atomic E-state index is 0.217. The average Bonchev–Trinajstić information content (AvgIpc) is 3.40. The van der Waals surface area contributed by atoms with Gasteiger partial charge in [0.15, 0.2) is 0 Å². The van der Waals surface area contributed by atoms with Gasteiger partial charge in [-0.1, -0.05) is 31.4 Å². The number of amides is 1. The Hall–Kier alpha value is -1.45. The van der Waals surface area contributed by atoms with Crippen LogP contribution in [0.4, 0.5) is 0 Å². The molecule has 3 rings (SSSR count). The first-order valence-corrected chi connectivity index (χ1v) is 12.9. The molecule has 0 saturated carbocycles. The van der Waals surface area contributed by atoms with Crippen molar-refractivity contribution in [3.63, 3.8) is 0 Å². The minimum Gasteiger partial charge on any atom is -0.347 e. The van der Waals surface area contributed by atoms with Gasteiger partial charge in [0.25, 0.3) is 15.9 Å². The van der Waals surface area contributed by atoms with Crippen LogP contribution >= 0.6 is 22.9 Å². The maximum Gasteiger partial charge on any atom is 0.252 e. The second kappa shape index (κ2) is 10.7. The van der Waals surface area contributed by atoms with Gasteiger partial charge in [-0.05, 0) is 55.8 Å². The zero-order valence-corrected chi connectivity index (χ0v) is 19.5. The number of rotatable bonds is 10. The molecule has 30 heavy (non-hydrogen) atoms. The summed E-state index contributed by atoms with van der Waals surface area (Å²) in [5, 5.41) is 6.86. The van der Waals surface area contributed by atoms with Gasteiger partial charge in [0.2, 0.25) is 0 Å². The van der Waals surface area contributed by atoms with Gasteiger partial charge in [-0.3, -0.25) is 4.79 Å². The molecule has 1 atom stereocenters. The molecule has 1 aromatic heterocycles. The van der Waals surface area contributed by atoms with Crippen molar-refractivity contribution in [1.29, 1.82) is 0 Å². The van der Waals surface area contributed by atoms with Crippen LogP contribution in [0.5, 0.6) is 0 Å². The summed E-state index contributed by atoms with van der Waals surface area (Å²) in [6.45, 7) is 4.43. The second-order valence-corrected chi connectivity index (χ2v) is 11.2. The predicted octanol–water partition coefficient (Wildman–Crippen LogP) is 3.87. The largest absolute Gasteiger partial charge is 0.347 e. The van der Waals surface area contributed by atoms with E-state index < -0.39 is 10.0 Å². The van der Waals surface area contributed by atoms with Crippen LogP contribution in [-0.4, -0.2) is 44.3 Å². The predicted molar refractivity (Wildman–Crippen MR) is 122 cm³/mol. The monoisotopic (exact) mass is 469 g/mol. The Morgan fingerprint density at radius 3 is 2.70 bits per heavy atom. The quantitative estimate of drug-likeness (QED) is 0.517. The molecule has 1 aliphatic rings. The molecule has 0 spiro atoms. The van der Waals surface area contributed by atoms with Crippen LogP contribution in [-0.2, 0) is 16.6 Å². The first kappa shape index (κ1) is 23.2. The lowest BCUT2D eigenvalue weighted by Gasteiger charge is -2.16. The molecule has 1 unspecified atom stereocenters. The highest BCUT2D eigenvalue weighted by Crippen LogP contribution is 2.27. The molecule has 2 aromatic rings. The van der Waals surface area contributed by atoms with Gasteiger partial charge in [-0.15, -0.1) is 11.3 Å². The molecule has 164 valence electrons. The van der Waals surface area contributed by atoms with Crippen molar-refractivity contribution < 1.29 is 13.2 Å². The van der Waals surface area contributed by atoms with Crippen LogP contribution in [0.2, 0.25) is 5.02 Å². The molecule has 0 radical (unpaired) electrons. The summed E-state index contributed by atoms with van der Waals surface area (Å²) < 4.78 is 27.8. The maximum atomic E-state index is 13.0. The number of nitrogens with one attached hydrogen (secondary N) is 2. The minimum atomic E-state index is -3.50. The van der Waals surface area contributed by atoms with Gasteiger partial charge < -0.3 is 10.6 Å². The second-order valence-electron chi connectivity index (χ2n) is 7.42. The number of hydrogen-bond acceptors (Lipinski definition) is 5. The summed E-state index contributed by atoms with van der Waals surface area (Å²) in [6, 6.07) is 10.2. The molecule has 0 aliphatic carbocycles. The van der Waals surface area contributed by atoms with Crippen molar-refractivity contribution >= 4 is 38.9 Å². The smallest absolute Gasteiger partial charge is 0.252 e. The van der Waals surface area contributed by atoms with E-state index in [-0.39, 0.29) is 18.5 Å². The summed E-state index contributed by atoms with van der Waals surface area (Å²) in [6.07, 6.45) is 4.32. The van der Waals surface area contributed by atoms with E-state index in [1.165, 1.54) is 24.2 Å². The maximum absolute atomic E-state index is 13.0. The lowest BCUT2D eigenvalue weighted by molar-refractivity contribution is 0.0951. The third kappa shape index (κ3) is 6.04. The molecule has 1 fully saturated rings. The van der Waals surface area contributed by atoms with Gasteiger partial charge in [0, 0.05) is 34.6 Å². The fraction of sp³-hybridized carbons (Fsp3) is 0.476. The zero-order valence-electron chi connectivity index (χ0n) is 17.1. The summed E-state index contributed by atoms with van der Waals surface area (Å²) in [5.41, 5.74) is 0.512. The van der Waals surface area contributed by atoms with Crippen molar-refractivity contribution in [3.8, 4) is 0 Å². The Morgan fingerprint density at radius 2 is 1.97 bits per heavy atom. The van der Waals surface area contributed by atoms with E-state index in [1.807, 2.05) is 0 Å². The number of nitrogens with zero attached hydrogens (tertiary/aromatic N) is 1. The fourth-order valence-corrected chi connectivity index (χ4v) is 6.46. The van der Waals surface area contributed by atoms with Crippen molar-refractivity contribution in [1.82, 2.24) is 14.9 Å². The van der Waals surface area contributed by atoms with Crippen LogP contribution in [0.25, 0.3) is 0 Å². The van der Waals surface area contributed by atoms with Crippen molar-refractivity contribution in [2.24, 2.45) is 0 Å². The highest BCUT2D eigenvalue weighted by molar-refractivity contribution is 7.91. The van der Waals surface area contributed by atoms with Crippen LogP contribution < -0.4 is 10.6 Å². The first-order valence-electron chi connectivity index (χ1n) is 10.3. The van der Waals surface area contributed by atoms with Crippen molar-refractivity contribution in [3.05, 3.63) is 51.9 Å². The Balaban J connectivity index is 1.53. The fourth-order valence-electron chi connectivity index (χ4n) is 3.38. The molecule has 6 nitrogen and oxygen atoms in total. The molecule has 1 aliphatic heterocycles. The number of unbranched alkanes of at least 4 members (excludes halogenated alkanes) is 2. The Labute approximate surface area is 187 Å². The van der Waals surface area contributed by atoms with Crippen molar-refractivity contribution in [2.75, 3.05) is 19.6 Å². The number of sulfonamides is 1.